The largest absolute Gasteiger partial charge is 0.481 e. The van der Waals surface area contributed by atoms with Crippen molar-refractivity contribution >= 4 is 27.5 Å². The maximum atomic E-state index is 13.9. The quantitative estimate of drug-likeness (QED) is 0.707. The summed E-state index contributed by atoms with van der Waals surface area (Å²) in [5.41, 5.74) is -0.0357. The van der Waals surface area contributed by atoms with Crippen molar-refractivity contribution < 1.29 is 23.1 Å². The lowest BCUT2D eigenvalue weighted by atomic mass is 9.89. The Labute approximate surface area is 145 Å². The highest BCUT2D eigenvalue weighted by molar-refractivity contribution is 7.18. The molecule has 0 radical (unpaired) electrons. The van der Waals surface area contributed by atoms with Gasteiger partial charge in [-0.05, 0) is 25.5 Å². The number of rotatable bonds is 4. The van der Waals surface area contributed by atoms with Crippen molar-refractivity contribution in [3.05, 3.63) is 58.1 Å². The first kappa shape index (κ1) is 17.3. The molecular formula is C17H13F3N2O2S. The van der Waals surface area contributed by atoms with Gasteiger partial charge in [-0.25, -0.2) is 18.2 Å². The molecule has 0 bridgehead atoms. The zero-order valence-corrected chi connectivity index (χ0v) is 14.1. The number of carbonyl (C=O) groups is 1. The molecule has 1 N–H and O–H groups in total. The third-order valence-electron chi connectivity index (χ3n) is 3.87. The number of aliphatic carboxylic acids is 1. The van der Waals surface area contributed by atoms with Crippen molar-refractivity contribution in [3.8, 4) is 0 Å². The molecule has 0 aliphatic rings. The van der Waals surface area contributed by atoms with Gasteiger partial charge in [-0.2, -0.15) is 0 Å². The molecule has 0 unspecified atom stereocenters. The van der Waals surface area contributed by atoms with E-state index in [4.69, 9.17) is 5.11 Å². The molecule has 0 aliphatic heterocycles. The van der Waals surface area contributed by atoms with E-state index in [0.29, 0.717) is 22.3 Å². The Balaban J connectivity index is 2.05. The normalized spacial score (nSPS) is 11.9. The average Bonchev–Trinajstić information content (AvgIpc) is 2.99. The van der Waals surface area contributed by atoms with Crippen LogP contribution in [0.25, 0.3) is 10.2 Å². The Morgan fingerprint density at radius 1 is 1.24 bits per heavy atom. The highest BCUT2D eigenvalue weighted by Crippen LogP contribution is 2.37. The summed E-state index contributed by atoms with van der Waals surface area (Å²) in [6.07, 6.45) is 1.30. The van der Waals surface area contributed by atoms with Crippen LogP contribution in [-0.2, 0) is 16.6 Å². The van der Waals surface area contributed by atoms with E-state index in [9.17, 15) is 18.0 Å². The molecular weight excluding hydrogens is 353 g/mol. The monoisotopic (exact) mass is 366 g/mol. The molecule has 0 aliphatic carbocycles. The van der Waals surface area contributed by atoms with Gasteiger partial charge in [0, 0.05) is 12.3 Å². The summed E-state index contributed by atoms with van der Waals surface area (Å²) in [6.45, 7) is 3.55. The first-order chi connectivity index (χ1) is 11.7. The summed E-state index contributed by atoms with van der Waals surface area (Å²) in [6, 6.07) is 3.79. The third-order valence-corrected chi connectivity index (χ3v) is 5.26. The molecule has 25 heavy (non-hydrogen) atoms. The van der Waals surface area contributed by atoms with E-state index in [1.165, 1.54) is 6.20 Å². The summed E-state index contributed by atoms with van der Waals surface area (Å²) in [7, 11) is 0. The molecule has 0 saturated heterocycles. The molecule has 4 nitrogen and oxygen atoms in total. The Morgan fingerprint density at radius 3 is 2.56 bits per heavy atom. The second kappa shape index (κ2) is 6.11. The Morgan fingerprint density at radius 2 is 1.96 bits per heavy atom. The second-order valence-corrected chi connectivity index (χ2v) is 7.10. The smallest absolute Gasteiger partial charge is 0.307 e. The van der Waals surface area contributed by atoms with Crippen molar-refractivity contribution in [2.45, 2.75) is 25.7 Å². The van der Waals surface area contributed by atoms with E-state index in [1.807, 2.05) is 0 Å². The van der Waals surface area contributed by atoms with Gasteiger partial charge in [0.25, 0.3) is 0 Å². The third kappa shape index (κ3) is 3.09. The highest BCUT2D eigenvalue weighted by atomic mass is 32.1. The molecule has 3 aromatic rings. The van der Waals surface area contributed by atoms with Gasteiger partial charge in [0.2, 0.25) is 0 Å². The molecule has 3 rings (SSSR count). The van der Waals surface area contributed by atoms with Gasteiger partial charge >= 0.3 is 5.97 Å². The molecule has 0 fully saturated rings. The van der Waals surface area contributed by atoms with Crippen molar-refractivity contribution in [1.29, 1.82) is 0 Å². The maximum Gasteiger partial charge on any atom is 0.307 e. The zero-order chi connectivity index (χ0) is 18.4. The first-order valence-electron chi connectivity index (χ1n) is 7.32. The number of pyridine rings is 1. The van der Waals surface area contributed by atoms with Crippen LogP contribution < -0.4 is 0 Å². The van der Waals surface area contributed by atoms with Crippen molar-refractivity contribution in [2.75, 3.05) is 0 Å². The SMILES string of the molecule is CC(C)(c1ccc(CC(=O)O)cn1)c1nc2c(F)c(F)cc(F)c2s1. The Bertz CT molecular complexity index is 968. The number of aromatic nitrogens is 2. The van der Waals surface area contributed by atoms with Crippen LogP contribution in [0.2, 0.25) is 0 Å². The fraction of sp³-hybridized carbons (Fsp3) is 0.235. The van der Waals surface area contributed by atoms with Crippen LogP contribution >= 0.6 is 11.3 Å². The number of thiazole rings is 1. The van der Waals surface area contributed by atoms with E-state index < -0.39 is 28.8 Å². The van der Waals surface area contributed by atoms with Crippen LogP contribution in [0, 0.1) is 17.5 Å². The molecule has 2 heterocycles. The summed E-state index contributed by atoms with van der Waals surface area (Å²) in [4.78, 5) is 19.1. The standard InChI is InChI=1S/C17H13F3N2O2S/c1-17(2,11-4-3-8(7-21-11)5-12(23)24)16-22-14-13(20)9(18)6-10(19)15(14)25-16/h3-4,6-7H,5H2,1-2H3,(H,23,24). The summed E-state index contributed by atoms with van der Waals surface area (Å²) < 4.78 is 41.1. The number of hydrogen-bond donors (Lipinski definition) is 1. The van der Waals surface area contributed by atoms with Gasteiger partial charge in [0.05, 0.1) is 22.2 Å². The van der Waals surface area contributed by atoms with Crippen LogP contribution in [0.15, 0.2) is 24.4 Å². The molecule has 130 valence electrons. The number of carboxylic acid groups (broad SMARTS) is 1. The van der Waals surface area contributed by atoms with Crippen molar-refractivity contribution in [1.82, 2.24) is 9.97 Å². The zero-order valence-electron chi connectivity index (χ0n) is 13.3. The lowest BCUT2D eigenvalue weighted by molar-refractivity contribution is -0.136. The number of halogens is 3. The fourth-order valence-corrected chi connectivity index (χ4v) is 3.51. The predicted octanol–water partition coefficient (Wildman–Crippen LogP) is 4.06. The van der Waals surface area contributed by atoms with Crippen LogP contribution in [0.1, 0.15) is 30.1 Å². The molecule has 0 amide bonds. The van der Waals surface area contributed by atoms with Gasteiger partial charge in [-0.15, -0.1) is 11.3 Å². The topological polar surface area (TPSA) is 63.1 Å². The molecule has 0 spiro atoms. The number of carboxylic acids is 1. The average molecular weight is 366 g/mol. The lowest BCUT2D eigenvalue weighted by Gasteiger charge is -2.21. The van der Waals surface area contributed by atoms with E-state index in [1.54, 1.807) is 26.0 Å². The number of fused-ring (bicyclic) bond motifs is 1. The van der Waals surface area contributed by atoms with E-state index >= 15 is 0 Å². The van der Waals surface area contributed by atoms with E-state index in [-0.39, 0.29) is 16.6 Å². The Kier molecular flexibility index (Phi) is 4.24. The van der Waals surface area contributed by atoms with Gasteiger partial charge < -0.3 is 5.11 Å². The van der Waals surface area contributed by atoms with E-state index in [0.717, 1.165) is 11.3 Å². The van der Waals surface area contributed by atoms with Crippen molar-refractivity contribution in [3.63, 3.8) is 0 Å². The van der Waals surface area contributed by atoms with Gasteiger partial charge in [-0.1, -0.05) is 6.07 Å². The minimum Gasteiger partial charge on any atom is -0.481 e. The predicted molar refractivity (Wildman–Crippen MR) is 87.2 cm³/mol. The van der Waals surface area contributed by atoms with Crippen LogP contribution in [-0.4, -0.2) is 21.0 Å². The van der Waals surface area contributed by atoms with Gasteiger partial charge in [0.15, 0.2) is 11.6 Å². The van der Waals surface area contributed by atoms with E-state index in [2.05, 4.69) is 9.97 Å². The first-order valence-corrected chi connectivity index (χ1v) is 8.13. The minimum absolute atomic E-state index is 0.0514. The fourth-order valence-electron chi connectivity index (χ4n) is 2.43. The summed E-state index contributed by atoms with van der Waals surface area (Å²) in [5.74, 6) is -4.29. The molecule has 2 aromatic heterocycles. The van der Waals surface area contributed by atoms with Crippen LogP contribution in [0.3, 0.4) is 0 Å². The van der Waals surface area contributed by atoms with Crippen LogP contribution in [0.4, 0.5) is 13.2 Å². The number of hydrogen-bond acceptors (Lipinski definition) is 4. The maximum absolute atomic E-state index is 13.9. The van der Waals surface area contributed by atoms with Gasteiger partial charge in [-0.3, -0.25) is 9.78 Å². The number of nitrogens with zero attached hydrogens (tertiary/aromatic N) is 2. The highest BCUT2D eigenvalue weighted by Gasteiger charge is 2.30. The molecule has 0 atom stereocenters. The molecule has 8 heteroatoms. The molecule has 0 saturated carbocycles. The minimum atomic E-state index is -1.28. The van der Waals surface area contributed by atoms with Crippen molar-refractivity contribution in [2.24, 2.45) is 0 Å². The van der Waals surface area contributed by atoms with Gasteiger partial charge in [0.1, 0.15) is 16.3 Å². The van der Waals surface area contributed by atoms with Crippen LogP contribution in [0.5, 0.6) is 0 Å². The lowest BCUT2D eigenvalue weighted by Crippen LogP contribution is -2.20. The second-order valence-electron chi connectivity index (χ2n) is 6.10. The summed E-state index contributed by atoms with van der Waals surface area (Å²) >= 11 is 0.937. The Hall–Kier alpha value is -2.48. The molecule has 1 aromatic carbocycles. The number of benzene rings is 1. The summed E-state index contributed by atoms with van der Waals surface area (Å²) in [5, 5.41) is 9.17.